The van der Waals surface area contributed by atoms with E-state index in [0.29, 0.717) is 42.1 Å². The maximum atomic E-state index is 12.8. The zero-order valence-corrected chi connectivity index (χ0v) is 19.2. The van der Waals surface area contributed by atoms with Gasteiger partial charge in [0.25, 0.3) is 5.91 Å². The van der Waals surface area contributed by atoms with Crippen LogP contribution in [0.2, 0.25) is 0 Å². The van der Waals surface area contributed by atoms with Gasteiger partial charge in [-0.05, 0) is 43.8 Å². The number of fused-ring (bicyclic) bond motifs is 1. The molecule has 0 atom stereocenters. The van der Waals surface area contributed by atoms with Crippen molar-refractivity contribution >= 4 is 34.4 Å². The Labute approximate surface area is 188 Å². The molecule has 0 fully saturated rings. The van der Waals surface area contributed by atoms with Gasteiger partial charge < -0.3 is 30.3 Å². The number of allylic oxidation sites excluding steroid dienone is 1. The van der Waals surface area contributed by atoms with Crippen LogP contribution in [0.4, 0.5) is 17.1 Å². The summed E-state index contributed by atoms with van der Waals surface area (Å²) < 4.78 is 10.8. The lowest BCUT2D eigenvalue weighted by Crippen LogP contribution is -2.28. The Hall–Kier alpha value is -3.52. The predicted octanol–water partition coefficient (Wildman–Crippen LogP) is 3.46. The third-order valence-corrected chi connectivity index (χ3v) is 5.44. The molecule has 170 valence electrons. The zero-order valence-electron chi connectivity index (χ0n) is 19.2. The van der Waals surface area contributed by atoms with Gasteiger partial charge in [-0.1, -0.05) is 6.92 Å². The minimum Gasteiger partial charge on any atom is -0.493 e. The summed E-state index contributed by atoms with van der Waals surface area (Å²) in [5, 5.41) is 9.26. The Morgan fingerprint density at radius 1 is 1.09 bits per heavy atom. The molecule has 0 spiro atoms. The molecule has 2 aromatic carbocycles. The van der Waals surface area contributed by atoms with Gasteiger partial charge in [-0.2, -0.15) is 0 Å². The van der Waals surface area contributed by atoms with Crippen molar-refractivity contribution in [1.82, 2.24) is 5.32 Å². The van der Waals surface area contributed by atoms with Gasteiger partial charge in [-0.25, -0.2) is 0 Å². The number of benzene rings is 2. The molecule has 8 nitrogen and oxygen atoms in total. The van der Waals surface area contributed by atoms with E-state index >= 15 is 0 Å². The van der Waals surface area contributed by atoms with Gasteiger partial charge in [0.1, 0.15) is 0 Å². The molecule has 2 aromatic rings. The third-order valence-electron chi connectivity index (χ3n) is 5.44. The zero-order chi connectivity index (χ0) is 23.3. The second kappa shape index (κ2) is 10.2. The number of anilines is 3. The highest BCUT2D eigenvalue weighted by atomic mass is 16.5. The highest BCUT2D eigenvalue weighted by molar-refractivity contribution is 6.32. The number of hydrogen-bond acceptors (Lipinski definition) is 6. The molecule has 3 rings (SSSR count). The molecule has 1 heterocycles. The summed E-state index contributed by atoms with van der Waals surface area (Å²) in [7, 11) is 6.72. The average molecular weight is 439 g/mol. The molecule has 1 aliphatic rings. The van der Waals surface area contributed by atoms with Crippen LogP contribution in [0, 0.1) is 0 Å². The molecule has 32 heavy (non-hydrogen) atoms. The van der Waals surface area contributed by atoms with Gasteiger partial charge in [0.05, 0.1) is 25.5 Å². The first-order chi connectivity index (χ1) is 15.4. The fraction of sp³-hybridized carbons (Fsp3) is 0.333. The quantitative estimate of drug-likeness (QED) is 0.520. The summed E-state index contributed by atoms with van der Waals surface area (Å²) >= 11 is 0. The van der Waals surface area contributed by atoms with E-state index in [-0.39, 0.29) is 11.8 Å². The SMILES string of the molecule is CCC(Nc1ccc(N(C)C(=O)CCNC)cc1)=C1C(=O)Nc2cc(OC)c(OC)cc21. The molecule has 0 radical (unpaired) electrons. The van der Waals surface area contributed by atoms with Crippen molar-refractivity contribution in [3.05, 3.63) is 47.7 Å². The smallest absolute Gasteiger partial charge is 0.258 e. The van der Waals surface area contributed by atoms with E-state index < -0.39 is 0 Å². The summed E-state index contributed by atoms with van der Waals surface area (Å²) in [5.41, 5.74) is 4.46. The van der Waals surface area contributed by atoms with Gasteiger partial charge in [0, 0.05) is 48.7 Å². The highest BCUT2D eigenvalue weighted by Crippen LogP contribution is 2.42. The van der Waals surface area contributed by atoms with Crippen LogP contribution in [0.3, 0.4) is 0 Å². The van der Waals surface area contributed by atoms with Crippen molar-refractivity contribution in [2.45, 2.75) is 19.8 Å². The number of carbonyl (C=O) groups is 2. The molecule has 0 aliphatic carbocycles. The minimum atomic E-state index is -0.175. The van der Waals surface area contributed by atoms with E-state index in [1.807, 2.05) is 44.3 Å². The van der Waals surface area contributed by atoms with Crippen LogP contribution in [0.25, 0.3) is 5.57 Å². The molecular weight excluding hydrogens is 408 g/mol. The first kappa shape index (κ1) is 23.1. The van der Waals surface area contributed by atoms with Crippen LogP contribution in [0.5, 0.6) is 11.5 Å². The number of nitrogens with zero attached hydrogens (tertiary/aromatic N) is 1. The fourth-order valence-corrected chi connectivity index (χ4v) is 3.61. The lowest BCUT2D eigenvalue weighted by molar-refractivity contribution is -0.118. The molecule has 0 unspecified atom stereocenters. The summed E-state index contributed by atoms with van der Waals surface area (Å²) in [5.74, 6) is 0.986. The molecule has 1 aliphatic heterocycles. The second-order valence-electron chi connectivity index (χ2n) is 7.39. The van der Waals surface area contributed by atoms with Gasteiger partial charge in [0.15, 0.2) is 11.5 Å². The maximum Gasteiger partial charge on any atom is 0.258 e. The van der Waals surface area contributed by atoms with E-state index in [0.717, 1.165) is 22.6 Å². The monoisotopic (exact) mass is 438 g/mol. The normalized spacial score (nSPS) is 13.8. The van der Waals surface area contributed by atoms with Gasteiger partial charge in [-0.3, -0.25) is 9.59 Å². The number of nitrogens with one attached hydrogen (secondary N) is 3. The average Bonchev–Trinajstić information content (AvgIpc) is 3.14. The molecule has 0 bridgehead atoms. The van der Waals surface area contributed by atoms with Gasteiger partial charge in [0.2, 0.25) is 5.91 Å². The Morgan fingerprint density at radius 2 is 1.75 bits per heavy atom. The largest absolute Gasteiger partial charge is 0.493 e. The molecule has 0 saturated carbocycles. The number of rotatable bonds is 9. The summed E-state index contributed by atoms with van der Waals surface area (Å²) in [6.45, 7) is 2.63. The Kier molecular flexibility index (Phi) is 7.37. The van der Waals surface area contributed by atoms with Crippen LogP contribution in [-0.4, -0.2) is 46.7 Å². The molecule has 3 N–H and O–H groups in total. The van der Waals surface area contributed by atoms with Gasteiger partial charge in [-0.15, -0.1) is 0 Å². The first-order valence-corrected chi connectivity index (χ1v) is 10.5. The van der Waals surface area contributed by atoms with E-state index in [1.54, 1.807) is 32.2 Å². The standard InChI is InChI=1S/C24H30N4O4/c1-6-18(23-17-13-20(31-4)21(32-5)14-19(17)27-24(23)30)26-15-7-9-16(10-8-15)28(3)22(29)11-12-25-2/h7-10,13-14,25-26H,6,11-12H2,1-5H3,(H,27,30). The van der Waals surface area contributed by atoms with Crippen molar-refractivity contribution in [3.8, 4) is 11.5 Å². The molecule has 2 amide bonds. The molecule has 0 aromatic heterocycles. The lowest BCUT2D eigenvalue weighted by Gasteiger charge is -2.18. The molecule has 8 heteroatoms. The van der Waals surface area contributed by atoms with Crippen LogP contribution in [-0.2, 0) is 9.59 Å². The van der Waals surface area contributed by atoms with Crippen LogP contribution in [0.15, 0.2) is 42.1 Å². The number of ether oxygens (including phenoxy) is 2. The van der Waals surface area contributed by atoms with E-state index in [2.05, 4.69) is 16.0 Å². The number of methoxy groups -OCH3 is 2. The van der Waals surface area contributed by atoms with Crippen molar-refractivity contribution in [3.63, 3.8) is 0 Å². The van der Waals surface area contributed by atoms with E-state index in [1.165, 1.54) is 0 Å². The highest BCUT2D eigenvalue weighted by Gasteiger charge is 2.29. The van der Waals surface area contributed by atoms with Crippen LogP contribution >= 0.6 is 0 Å². The predicted molar refractivity (Wildman–Crippen MR) is 127 cm³/mol. The van der Waals surface area contributed by atoms with E-state index in [4.69, 9.17) is 9.47 Å². The maximum absolute atomic E-state index is 12.8. The van der Waals surface area contributed by atoms with Gasteiger partial charge >= 0.3 is 0 Å². The van der Waals surface area contributed by atoms with Crippen LogP contribution < -0.4 is 30.3 Å². The van der Waals surface area contributed by atoms with E-state index in [9.17, 15) is 9.59 Å². The topological polar surface area (TPSA) is 91.9 Å². The Morgan fingerprint density at radius 3 is 2.34 bits per heavy atom. The Balaban J connectivity index is 1.87. The van der Waals surface area contributed by atoms with Crippen molar-refractivity contribution in [2.75, 3.05) is 50.4 Å². The number of carbonyl (C=O) groups excluding carboxylic acids is 2. The third kappa shape index (κ3) is 4.70. The first-order valence-electron chi connectivity index (χ1n) is 10.5. The van der Waals surface area contributed by atoms with Crippen LogP contribution in [0.1, 0.15) is 25.3 Å². The van der Waals surface area contributed by atoms with Crippen molar-refractivity contribution in [1.29, 1.82) is 0 Å². The Bertz CT molecular complexity index is 1030. The number of amides is 2. The van der Waals surface area contributed by atoms with Crippen molar-refractivity contribution in [2.24, 2.45) is 0 Å². The van der Waals surface area contributed by atoms with Crippen molar-refractivity contribution < 1.29 is 19.1 Å². The molecular formula is C24H30N4O4. The molecule has 0 saturated heterocycles. The lowest BCUT2D eigenvalue weighted by atomic mass is 10.0. The summed E-state index contributed by atoms with van der Waals surface area (Å²) in [4.78, 5) is 26.7. The fourth-order valence-electron chi connectivity index (χ4n) is 3.61. The number of hydrogen-bond donors (Lipinski definition) is 3. The summed E-state index contributed by atoms with van der Waals surface area (Å²) in [6.07, 6.45) is 1.06. The summed E-state index contributed by atoms with van der Waals surface area (Å²) in [6, 6.07) is 11.1. The second-order valence-corrected chi connectivity index (χ2v) is 7.39. The minimum absolute atomic E-state index is 0.0417.